The molecule has 0 amide bonds. The van der Waals surface area contributed by atoms with Gasteiger partial charge in [-0.1, -0.05) is 11.1 Å². The van der Waals surface area contributed by atoms with Gasteiger partial charge in [-0.05, 0) is 43.5 Å². The van der Waals surface area contributed by atoms with Crippen LogP contribution in [0.1, 0.15) is 48.3 Å². The monoisotopic (exact) mass is 518 g/mol. The molecule has 2 atom stereocenters. The van der Waals surface area contributed by atoms with Crippen molar-refractivity contribution in [1.82, 2.24) is 19.4 Å². The number of hydrogen-bond donors (Lipinski definition) is 4. The van der Waals surface area contributed by atoms with E-state index in [1.54, 1.807) is 54.2 Å². The van der Waals surface area contributed by atoms with Crippen molar-refractivity contribution in [2.24, 2.45) is 5.92 Å². The molecule has 1 unspecified atom stereocenters. The molecule has 0 saturated heterocycles. The van der Waals surface area contributed by atoms with Crippen molar-refractivity contribution >= 4 is 10.0 Å². The Morgan fingerprint density at radius 2 is 1.92 bits per heavy atom. The molecule has 0 aliphatic carbocycles. The van der Waals surface area contributed by atoms with Crippen LogP contribution in [0.4, 0.5) is 0 Å². The van der Waals surface area contributed by atoms with Crippen LogP contribution >= 0.6 is 0 Å². The topological polar surface area (TPSA) is 160 Å². The SMILES string of the molecule is C[C@H](O)c1nccn1C(CCNS(C)(=O)=O)c1cc(C#Cc2ccc(OCC(CO)CO)cc2)on1. The largest absolute Gasteiger partial charge is 0.493 e. The van der Waals surface area contributed by atoms with E-state index in [2.05, 4.69) is 26.7 Å². The van der Waals surface area contributed by atoms with E-state index < -0.39 is 22.2 Å². The number of sulfonamides is 1. The fourth-order valence-electron chi connectivity index (χ4n) is 3.37. The lowest BCUT2D eigenvalue weighted by Crippen LogP contribution is -2.26. The molecule has 0 radical (unpaired) electrons. The maximum Gasteiger partial charge on any atom is 0.210 e. The van der Waals surface area contributed by atoms with Crippen LogP contribution in [0.15, 0.2) is 47.2 Å². The minimum absolute atomic E-state index is 0.153. The van der Waals surface area contributed by atoms with Gasteiger partial charge in [0.2, 0.25) is 15.8 Å². The van der Waals surface area contributed by atoms with Gasteiger partial charge in [0.15, 0.2) is 0 Å². The highest BCUT2D eigenvalue weighted by Gasteiger charge is 2.23. The molecule has 11 nitrogen and oxygen atoms in total. The number of aromatic nitrogens is 3. The summed E-state index contributed by atoms with van der Waals surface area (Å²) < 4.78 is 38.1. The predicted octanol–water partition coefficient (Wildman–Crippen LogP) is 0.832. The van der Waals surface area contributed by atoms with E-state index >= 15 is 0 Å². The highest BCUT2D eigenvalue weighted by molar-refractivity contribution is 7.88. The van der Waals surface area contributed by atoms with Crippen molar-refractivity contribution in [3.63, 3.8) is 0 Å². The molecule has 0 aliphatic rings. The van der Waals surface area contributed by atoms with Crippen LogP contribution in [0.5, 0.6) is 5.75 Å². The smallest absolute Gasteiger partial charge is 0.210 e. The average Bonchev–Trinajstić information content (AvgIpc) is 3.51. The molecule has 0 bridgehead atoms. The number of aliphatic hydroxyl groups excluding tert-OH is 3. The molecule has 36 heavy (non-hydrogen) atoms. The van der Waals surface area contributed by atoms with E-state index in [1.165, 1.54) is 0 Å². The predicted molar refractivity (Wildman–Crippen MR) is 131 cm³/mol. The molecule has 0 saturated carbocycles. The summed E-state index contributed by atoms with van der Waals surface area (Å²) in [5, 5.41) is 32.4. The molecule has 3 rings (SSSR count). The van der Waals surface area contributed by atoms with E-state index in [1.807, 2.05) is 0 Å². The van der Waals surface area contributed by atoms with Gasteiger partial charge in [-0.25, -0.2) is 18.1 Å². The normalized spacial score (nSPS) is 13.3. The molecule has 12 heteroatoms. The summed E-state index contributed by atoms with van der Waals surface area (Å²) >= 11 is 0. The van der Waals surface area contributed by atoms with E-state index in [4.69, 9.17) is 19.5 Å². The molecular formula is C24H30N4O7S. The fourth-order valence-corrected chi connectivity index (χ4v) is 3.86. The Bertz CT molecular complexity index is 1270. The van der Waals surface area contributed by atoms with Gasteiger partial charge >= 0.3 is 0 Å². The number of ether oxygens (including phenoxy) is 1. The lowest BCUT2D eigenvalue weighted by Gasteiger charge is -2.19. The van der Waals surface area contributed by atoms with Gasteiger partial charge in [-0.15, -0.1) is 0 Å². The highest BCUT2D eigenvalue weighted by Crippen LogP contribution is 2.25. The van der Waals surface area contributed by atoms with E-state index in [0.29, 0.717) is 35.0 Å². The number of aliphatic hydroxyl groups is 3. The fraction of sp³-hybridized carbons (Fsp3) is 0.417. The maximum absolute atomic E-state index is 11.5. The second-order valence-corrected chi connectivity index (χ2v) is 10.1. The zero-order chi connectivity index (χ0) is 26.1. The Morgan fingerprint density at radius 1 is 1.19 bits per heavy atom. The Hall–Kier alpha value is -3.21. The highest BCUT2D eigenvalue weighted by atomic mass is 32.2. The maximum atomic E-state index is 11.5. The average molecular weight is 519 g/mol. The lowest BCUT2D eigenvalue weighted by atomic mass is 10.1. The number of hydrogen-bond acceptors (Lipinski definition) is 9. The first-order valence-electron chi connectivity index (χ1n) is 11.3. The molecule has 0 aliphatic heterocycles. The molecule has 4 N–H and O–H groups in total. The molecular weight excluding hydrogens is 488 g/mol. The summed E-state index contributed by atoms with van der Waals surface area (Å²) in [6.07, 6.45) is 3.85. The van der Waals surface area contributed by atoms with Crippen LogP contribution in [0, 0.1) is 17.8 Å². The van der Waals surface area contributed by atoms with Gasteiger partial charge in [-0.2, -0.15) is 0 Å². The molecule has 2 heterocycles. The Kier molecular flexibility index (Phi) is 9.63. The number of rotatable bonds is 12. The van der Waals surface area contributed by atoms with Crippen molar-refractivity contribution in [3.05, 3.63) is 65.6 Å². The van der Waals surface area contributed by atoms with Crippen LogP contribution in [0.25, 0.3) is 0 Å². The summed E-state index contributed by atoms with van der Waals surface area (Å²) in [6, 6.07) is 8.25. The summed E-state index contributed by atoms with van der Waals surface area (Å²) in [7, 11) is -3.37. The second kappa shape index (κ2) is 12.7. The van der Waals surface area contributed by atoms with Crippen LogP contribution in [-0.2, 0) is 10.0 Å². The van der Waals surface area contributed by atoms with E-state index in [-0.39, 0.29) is 32.3 Å². The number of nitrogens with one attached hydrogen (secondary N) is 1. The first-order valence-corrected chi connectivity index (χ1v) is 13.2. The zero-order valence-corrected chi connectivity index (χ0v) is 20.9. The van der Waals surface area contributed by atoms with Crippen molar-refractivity contribution < 1.29 is 33.0 Å². The van der Waals surface area contributed by atoms with Crippen molar-refractivity contribution in [1.29, 1.82) is 0 Å². The summed E-state index contributed by atoms with van der Waals surface area (Å²) in [6.45, 7) is 1.64. The van der Waals surface area contributed by atoms with Gasteiger partial charge in [0.25, 0.3) is 0 Å². The molecule has 3 aromatic rings. The Morgan fingerprint density at radius 3 is 2.56 bits per heavy atom. The van der Waals surface area contributed by atoms with Gasteiger partial charge in [0.1, 0.15) is 23.4 Å². The van der Waals surface area contributed by atoms with Crippen LogP contribution in [0.2, 0.25) is 0 Å². The first-order chi connectivity index (χ1) is 17.2. The Balaban J connectivity index is 1.74. The van der Waals surface area contributed by atoms with Gasteiger partial charge in [0.05, 0.1) is 32.1 Å². The van der Waals surface area contributed by atoms with Crippen LogP contribution < -0.4 is 9.46 Å². The van der Waals surface area contributed by atoms with E-state index in [0.717, 1.165) is 6.26 Å². The number of nitrogens with zero attached hydrogens (tertiary/aromatic N) is 3. The molecule has 1 aromatic carbocycles. The Labute approximate surface area is 209 Å². The third kappa shape index (κ3) is 7.91. The van der Waals surface area contributed by atoms with Gasteiger partial charge in [0, 0.05) is 36.5 Å². The summed E-state index contributed by atoms with van der Waals surface area (Å²) in [5.74, 6) is 6.89. The minimum atomic E-state index is -3.37. The van der Waals surface area contributed by atoms with Crippen LogP contribution in [0.3, 0.4) is 0 Å². The summed E-state index contributed by atoms with van der Waals surface area (Å²) in [4.78, 5) is 4.19. The van der Waals surface area contributed by atoms with Gasteiger partial charge in [-0.3, -0.25) is 0 Å². The first kappa shape index (κ1) is 27.4. The third-order valence-electron chi connectivity index (χ3n) is 5.25. The third-order valence-corrected chi connectivity index (χ3v) is 5.97. The lowest BCUT2D eigenvalue weighted by molar-refractivity contribution is 0.106. The van der Waals surface area contributed by atoms with Crippen molar-refractivity contribution in [2.45, 2.75) is 25.5 Å². The zero-order valence-electron chi connectivity index (χ0n) is 20.0. The van der Waals surface area contributed by atoms with E-state index in [9.17, 15) is 13.5 Å². The summed E-state index contributed by atoms with van der Waals surface area (Å²) in [5.41, 5.74) is 1.22. The molecule has 0 fully saturated rings. The molecule has 2 aromatic heterocycles. The van der Waals surface area contributed by atoms with Gasteiger partial charge < -0.3 is 29.1 Å². The molecule has 0 spiro atoms. The number of benzene rings is 1. The minimum Gasteiger partial charge on any atom is -0.493 e. The standard InChI is InChI=1S/C24H30N4O7S/c1-17(31)24-25-11-12-28(24)23(9-10-26-36(2,32)33)22-13-21(35-27-22)8-5-18-3-6-20(7-4-18)34-16-19(14-29)15-30/h3-4,6-7,11-13,17,19,23,26,29-31H,9-10,14-16H2,1-2H3/t17-,23?/m0/s1. The van der Waals surface area contributed by atoms with Crippen LogP contribution in [-0.4, -0.2) is 71.1 Å². The second-order valence-electron chi connectivity index (χ2n) is 8.27. The number of imidazole rings is 1. The van der Waals surface area contributed by atoms with Crippen molar-refractivity contribution in [3.8, 4) is 17.6 Å². The molecule has 194 valence electrons. The quantitative estimate of drug-likeness (QED) is 0.255. The van der Waals surface area contributed by atoms with Crippen molar-refractivity contribution in [2.75, 3.05) is 32.6 Å².